The van der Waals surface area contributed by atoms with Crippen LogP contribution in [0.15, 0.2) is 102 Å². The standard InChI is InChI=1S/C56H62N6O7/c1-56(2,3)69-55(66)60-49(34-23-26-68-27-24-34)51(63)43-13-8-12-42(43)46-31-44-41-21-19-38(29-39(41)20-22-45(44)58-46)35-15-16-37-30-40(18-17-36(37)28-35)47-32-57-52(59-47)48-14-9-25-62(48)53(64)50(61-54(65)67-4)33-10-6-5-7-11-33/h5-7,10-11,15-19,21,28-30,32,34,42-43,48-50H,8-9,12-14,20,22-27,31H2,1-4H3,(H,57,59)(H,60,66)(H,61,65)/t42-,43?,48+,49+,50-/m1/s1. The van der Waals surface area contributed by atoms with Crippen molar-refractivity contribution in [2.24, 2.45) is 22.7 Å². The number of H-pyrrole nitrogens is 1. The van der Waals surface area contributed by atoms with E-state index in [1.807, 2.05) is 62.2 Å². The minimum Gasteiger partial charge on any atom is -0.453 e. The fraction of sp³-hybridized carbons (Fsp3) is 0.429. The van der Waals surface area contributed by atoms with Crippen LogP contribution in [-0.4, -0.2) is 83.0 Å². The molecule has 2 aliphatic carbocycles. The Morgan fingerprint density at radius 2 is 1.55 bits per heavy atom. The van der Waals surface area contributed by atoms with E-state index in [0.717, 1.165) is 103 Å². The Hall–Kier alpha value is -6.60. The molecule has 358 valence electrons. The number of alkyl carbamates (subject to hydrolysis) is 2. The van der Waals surface area contributed by atoms with E-state index in [9.17, 15) is 19.2 Å². The number of ether oxygens (including phenoxy) is 3. The molecule has 10 rings (SSSR count). The van der Waals surface area contributed by atoms with Crippen LogP contribution in [0.1, 0.15) is 113 Å². The fourth-order valence-corrected chi connectivity index (χ4v) is 11.4. The number of ketones is 1. The molecule has 3 N–H and O–H groups in total. The number of likely N-dealkylation sites (tertiary alicyclic amines) is 1. The van der Waals surface area contributed by atoms with Crippen LogP contribution in [0.4, 0.5) is 9.59 Å². The zero-order valence-corrected chi connectivity index (χ0v) is 40.0. The van der Waals surface area contributed by atoms with Crippen LogP contribution in [0.5, 0.6) is 0 Å². The van der Waals surface area contributed by atoms with Gasteiger partial charge in [-0.15, -0.1) is 0 Å². The normalized spacial score (nSPS) is 21.3. The van der Waals surface area contributed by atoms with Crippen molar-refractivity contribution >= 4 is 45.9 Å². The summed E-state index contributed by atoms with van der Waals surface area (Å²) in [6.45, 7) is 7.25. The van der Waals surface area contributed by atoms with E-state index in [0.29, 0.717) is 31.1 Å². The van der Waals surface area contributed by atoms with Crippen molar-refractivity contribution in [3.05, 3.63) is 119 Å². The Balaban J connectivity index is 0.814. The predicted octanol–water partition coefficient (Wildman–Crippen LogP) is 10.5. The second-order valence-electron chi connectivity index (χ2n) is 20.3. The van der Waals surface area contributed by atoms with Crippen LogP contribution in [0.2, 0.25) is 0 Å². The van der Waals surface area contributed by atoms with Gasteiger partial charge in [-0.05, 0) is 134 Å². The predicted molar refractivity (Wildman–Crippen MR) is 265 cm³/mol. The summed E-state index contributed by atoms with van der Waals surface area (Å²) in [7, 11) is 1.29. The Morgan fingerprint density at radius 1 is 0.812 bits per heavy atom. The van der Waals surface area contributed by atoms with E-state index in [4.69, 9.17) is 24.2 Å². The van der Waals surface area contributed by atoms with E-state index in [1.165, 1.54) is 29.4 Å². The average Bonchev–Trinajstić information content (AvgIpc) is 4.21. The number of aromatic amines is 1. The number of hydrogen-bond acceptors (Lipinski definition) is 9. The molecule has 69 heavy (non-hydrogen) atoms. The van der Waals surface area contributed by atoms with E-state index in [2.05, 4.69) is 70.2 Å². The highest BCUT2D eigenvalue weighted by Gasteiger charge is 2.44. The minimum absolute atomic E-state index is 0.0175. The number of imidazole rings is 1. The number of aliphatic imine (C=N–C) groups is 1. The maximum absolute atomic E-state index is 14.5. The van der Waals surface area contributed by atoms with Gasteiger partial charge >= 0.3 is 12.2 Å². The first kappa shape index (κ1) is 46.1. The highest BCUT2D eigenvalue weighted by atomic mass is 16.6. The lowest BCUT2D eigenvalue weighted by molar-refractivity contribution is -0.134. The molecule has 4 aromatic carbocycles. The van der Waals surface area contributed by atoms with Crippen LogP contribution < -0.4 is 10.6 Å². The summed E-state index contributed by atoms with van der Waals surface area (Å²) in [6.07, 6.45) is 8.91. The van der Waals surface area contributed by atoms with Gasteiger partial charge in [0.1, 0.15) is 17.5 Å². The Kier molecular flexibility index (Phi) is 13.0. The number of nitrogens with zero attached hydrogens (tertiary/aromatic N) is 3. The van der Waals surface area contributed by atoms with Gasteiger partial charge in [-0.3, -0.25) is 14.6 Å². The summed E-state index contributed by atoms with van der Waals surface area (Å²) in [5.41, 5.74) is 10.4. The molecule has 13 heteroatoms. The van der Waals surface area contributed by atoms with Crippen molar-refractivity contribution in [2.45, 2.75) is 109 Å². The van der Waals surface area contributed by atoms with Gasteiger partial charge < -0.3 is 34.7 Å². The molecule has 4 heterocycles. The molecule has 3 amide bonds. The highest BCUT2D eigenvalue weighted by molar-refractivity contribution is 6.05. The van der Waals surface area contributed by atoms with E-state index in [1.54, 1.807) is 0 Å². The smallest absolute Gasteiger partial charge is 0.408 e. The van der Waals surface area contributed by atoms with Crippen LogP contribution in [-0.2, 0) is 30.2 Å². The molecule has 2 saturated heterocycles. The number of hydrogen-bond donors (Lipinski definition) is 3. The SMILES string of the molecule is COC(=O)N[C@@H](C(=O)N1CCC[C@H]1c1ncc(-c2ccc3cc(-c4ccc5c(c4)CCC4=C5CC([C@@H]5CCCC5C(=O)[C@@H](NC(=O)OC(C)(C)C)C5CCOCC5)=N4)ccc3c2)[nH]1)c1ccccc1. The van der Waals surface area contributed by atoms with Gasteiger partial charge in [-0.25, -0.2) is 14.6 Å². The van der Waals surface area contributed by atoms with Crippen molar-refractivity contribution in [3.8, 4) is 22.4 Å². The summed E-state index contributed by atoms with van der Waals surface area (Å²) in [6, 6.07) is 27.4. The molecule has 5 atom stereocenters. The van der Waals surface area contributed by atoms with Crippen LogP contribution in [0.3, 0.4) is 0 Å². The third-order valence-electron chi connectivity index (χ3n) is 14.8. The second kappa shape index (κ2) is 19.4. The summed E-state index contributed by atoms with van der Waals surface area (Å²) in [5, 5.41) is 7.99. The number of aryl methyl sites for hydroxylation is 1. The number of amides is 3. The first-order valence-electron chi connectivity index (χ1n) is 24.7. The molecule has 5 aromatic rings. The number of rotatable bonds is 11. The molecule has 5 aliphatic rings. The first-order chi connectivity index (χ1) is 33.4. The number of nitrogens with one attached hydrogen (secondary N) is 3. The molecule has 3 aliphatic heterocycles. The van der Waals surface area contributed by atoms with Gasteiger partial charge in [0.15, 0.2) is 5.78 Å². The third kappa shape index (κ3) is 9.71. The first-order valence-corrected chi connectivity index (χ1v) is 24.7. The molecule has 3 fully saturated rings. The maximum Gasteiger partial charge on any atom is 0.408 e. The minimum atomic E-state index is -0.879. The third-order valence-corrected chi connectivity index (χ3v) is 14.8. The summed E-state index contributed by atoms with van der Waals surface area (Å²) < 4.78 is 16.1. The van der Waals surface area contributed by atoms with Crippen molar-refractivity contribution in [1.29, 1.82) is 0 Å². The molecule has 0 radical (unpaired) electrons. The molecular weight excluding hydrogens is 869 g/mol. The second-order valence-corrected chi connectivity index (χ2v) is 20.3. The number of benzene rings is 4. The number of allylic oxidation sites excluding steroid dienone is 2. The highest BCUT2D eigenvalue weighted by Crippen LogP contribution is 2.45. The van der Waals surface area contributed by atoms with Crippen LogP contribution in [0, 0.1) is 17.8 Å². The van der Waals surface area contributed by atoms with Gasteiger partial charge in [0.05, 0.1) is 31.1 Å². The molecule has 0 spiro atoms. The average molecular weight is 931 g/mol. The zero-order valence-electron chi connectivity index (χ0n) is 40.0. The number of fused-ring (bicyclic) bond motifs is 3. The van der Waals surface area contributed by atoms with Gasteiger partial charge in [0.2, 0.25) is 0 Å². The van der Waals surface area contributed by atoms with Gasteiger partial charge in [-0.1, -0.05) is 79.2 Å². The van der Waals surface area contributed by atoms with Crippen LogP contribution >= 0.6 is 0 Å². The van der Waals surface area contributed by atoms with Crippen molar-refractivity contribution in [3.63, 3.8) is 0 Å². The maximum atomic E-state index is 14.5. The van der Waals surface area contributed by atoms with Gasteiger partial charge in [0, 0.05) is 55.0 Å². The van der Waals surface area contributed by atoms with Crippen LogP contribution in [0.25, 0.3) is 38.7 Å². The number of carbonyl (C=O) groups is 4. The summed E-state index contributed by atoms with van der Waals surface area (Å²) in [4.78, 5) is 69.3. The Morgan fingerprint density at radius 3 is 2.32 bits per heavy atom. The lowest BCUT2D eigenvalue weighted by Gasteiger charge is -2.33. The number of methoxy groups -OCH3 is 1. The van der Waals surface area contributed by atoms with E-state index in [-0.39, 0.29) is 35.5 Å². The monoisotopic (exact) mass is 930 g/mol. The van der Waals surface area contributed by atoms with Gasteiger partial charge in [0.25, 0.3) is 5.91 Å². The van der Waals surface area contributed by atoms with E-state index >= 15 is 0 Å². The number of carbonyl (C=O) groups excluding carboxylic acids is 4. The lowest BCUT2D eigenvalue weighted by Crippen LogP contribution is -2.51. The molecular formula is C56H62N6O7. The zero-order chi connectivity index (χ0) is 47.8. The van der Waals surface area contributed by atoms with Crippen molar-refractivity contribution in [1.82, 2.24) is 25.5 Å². The molecule has 1 unspecified atom stereocenters. The molecule has 13 nitrogen and oxygen atoms in total. The Bertz CT molecular complexity index is 2840. The van der Waals surface area contributed by atoms with Crippen molar-refractivity contribution in [2.75, 3.05) is 26.9 Å². The van der Waals surface area contributed by atoms with E-state index < -0.39 is 29.9 Å². The fourth-order valence-electron chi connectivity index (χ4n) is 11.4. The number of aromatic nitrogens is 2. The summed E-state index contributed by atoms with van der Waals surface area (Å²) in [5.74, 6) is 0.519. The number of Topliss-reactive ketones (excluding diaryl/α,β-unsaturated/α-hetero) is 1. The Labute approximate surface area is 403 Å². The molecule has 0 bridgehead atoms. The molecule has 1 aromatic heterocycles. The topological polar surface area (TPSA) is 164 Å². The lowest BCUT2D eigenvalue weighted by atomic mass is 9.78. The summed E-state index contributed by atoms with van der Waals surface area (Å²) >= 11 is 0. The van der Waals surface area contributed by atoms with Crippen molar-refractivity contribution < 1.29 is 33.4 Å². The quantitative estimate of drug-likeness (QED) is 0.118. The molecule has 1 saturated carbocycles. The van der Waals surface area contributed by atoms with Gasteiger partial charge in [-0.2, -0.15) is 0 Å². The largest absolute Gasteiger partial charge is 0.453 e.